The van der Waals surface area contributed by atoms with Gasteiger partial charge in [0.1, 0.15) is 0 Å². The van der Waals surface area contributed by atoms with Crippen LogP contribution in [0.1, 0.15) is 19.3 Å². The van der Waals surface area contributed by atoms with Crippen molar-refractivity contribution in [3.8, 4) is 0 Å². The van der Waals surface area contributed by atoms with Crippen LogP contribution in [-0.4, -0.2) is 23.2 Å². The fourth-order valence-corrected chi connectivity index (χ4v) is 3.34. The fourth-order valence-electron chi connectivity index (χ4n) is 1.93. The van der Waals surface area contributed by atoms with E-state index in [4.69, 9.17) is 0 Å². The van der Waals surface area contributed by atoms with Gasteiger partial charge in [0, 0.05) is 18.3 Å². The average Bonchev–Trinajstić information content (AvgIpc) is 2.41. The minimum atomic E-state index is 0.817. The topological polar surface area (TPSA) is 3.24 Å². The van der Waals surface area contributed by atoms with Gasteiger partial charge in [0.25, 0.3) is 0 Å². The van der Waals surface area contributed by atoms with E-state index in [2.05, 4.69) is 18.5 Å². The quantitative estimate of drug-likeness (QED) is 0.527. The smallest absolute Gasteiger partial charge is 0.0637 e. The Bertz CT molecular complexity index is 167. The average molecular weight is 155 g/mol. The Morgan fingerprint density at radius 1 is 1.60 bits per heavy atom. The monoisotopic (exact) mass is 155 g/mol. The largest absolute Gasteiger partial charge is 0.366 e. The molecule has 2 fully saturated rings. The van der Waals surface area contributed by atoms with Gasteiger partial charge in [-0.2, -0.15) is 0 Å². The first-order valence-electron chi connectivity index (χ1n) is 3.87. The second kappa shape index (κ2) is 2.19. The van der Waals surface area contributed by atoms with Crippen LogP contribution in [-0.2, 0) is 0 Å². The summed E-state index contributed by atoms with van der Waals surface area (Å²) in [4.78, 5) is 2.35. The molecule has 1 heterocycles. The molecule has 0 N–H and O–H groups in total. The Labute approximate surface area is 66.5 Å². The Morgan fingerprint density at radius 2 is 2.40 bits per heavy atom. The molecule has 0 aromatic rings. The summed E-state index contributed by atoms with van der Waals surface area (Å²) in [7, 11) is 2.17. The highest BCUT2D eigenvalue weighted by atomic mass is 32.2. The first kappa shape index (κ1) is 6.59. The summed E-state index contributed by atoms with van der Waals surface area (Å²) >= 11 is 1.98. The van der Waals surface area contributed by atoms with Gasteiger partial charge in [-0.3, -0.25) is 0 Å². The van der Waals surface area contributed by atoms with Crippen LogP contribution in [0.15, 0.2) is 11.6 Å². The van der Waals surface area contributed by atoms with Crippen LogP contribution in [0.25, 0.3) is 0 Å². The normalized spacial score (nSPS) is 38.9. The predicted molar refractivity (Wildman–Crippen MR) is 45.9 cm³/mol. The third kappa shape index (κ3) is 0.782. The van der Waals surface area contributed by atoms with Crippen LogP contribution >= 0.6 is 11.8 Å². The lowest BCUT2D eigenvalue weighted by atomic mass is 10.2. The molecule has 0 aromatic heterocycles. The number of nitrogens with zero attached hydrogens (tertiary/aromatic N) is 1. The van der Waals surface area contributed by atoms with E-state index in [9.17, 15) is 0 Å². The van der Waals surface area contributed by atoms with Crippen LogP contribution in [0, 0.1) is 0 Å². The molecule has 0 radical (unpaired) electrons. The molecule has 1 aliphatic heterocycles. The lowest BCUT2D eigenvalue weighted by Gasteiger charge is -2.19. The van der Waals surface area contributed by atoms with Gasteiger partial charge >= 0.3 is 0 Å². The number of hydrogen-bond acceptors (Lipinski definition) is 2. The van der Waals surface area contributed by atoms with Gasteiger partial charge in [-0.1, -0.05) is 13.0 Å². The van der Waals surface area contributed by atoms with E-state index in [0.29, 0.717) is 0 Å². The Morgan fingerprint density at radius 3 is 3.10 bits per heavy atom. The van der Waals surface area contributed by atoms with Crippen LogP contribution in [0.3, 0.4) is 0 Å². The molecule has 0 bridgehead atoms. The zero-order valence-electron chi connectivity index (χ0n) is 6.34. The van der Waals surface area contributed by atoms with Crippen LogP contribution in [0.2, 0.25) is 0 Å². The lowest BCUT2D eigenvalue weighted by molar-refractivity contribution is 0.351. The molecule has 0 spiro atoms. The molecule has 2 rings (SSSR count). The summed E-state index contributed by atoms with van der Waals surface area (Å²) in [5, 5.41) is 2.15. The zero-order chi connectivity index (χ0) is 7.14. The van der Waals surface area contributed by atoms with Gasteiger partial charge in [0.2, 0.25) is 0 Å². The molecule has 1 saturated carbocycles. The maximum absolute atomic E-state index is 4.01. The van der Waals surface area contributed by atoms with Gasteiger partial charge in [-0.15, -0.1) is 11.8 Å². The van der Waals surface area contributed by atoms with Crippen LogP contribution in [0.5, 0.6) is 0 Å². The first-order chi connectivity index (χ1) is 4.79. The van der Waals surface area contributed by atoms with E-state index in [1.54, 1.807) is 0 Å². The van der Waals surface area contributed by atoms with Gasteiger partial charge in [-0.05, 0) is 12.8 Å². The van der Waals surface area contributed by atoms with Crippen molar-refractivity contribution in [3.05, 3.63) is 11.6 Å². The molecular weight excluding hydrogens is 142 g/mol. The molecule has 2 aliphatic rings. The molecule has 10 heavy (non-hydrogen) atoms. The van der Waals surface area contributed by atoms with Crippen molar-refractivity contribution >= 4 is 11.8 Å². The maximum atomic E-state index is 4.01. The van der Waals surface area contributed by atoms with E-state index >= 15 is 0 Å². The number of fused-ring (bicyclic) bond motifs is 1. The molecule has 56 valence electrons. The number of hydrogen-bond donors (Lipinski definition) is 0. The van der Waals surface area contributed by atoms with Crippen molar-refractivity contribution in [3.63, 3.8) is 0 Å². The first-order valence-corrected chi connectivity index (χ1v) is 4.75. The highest BCUT2D eigenvalue weighted by Gasteiger charge is 2.37. The third-order valence-electron chi connectivity index (χ3n) is 2.60. The molecule has 1 nitrogen and oxygen atoms in total. The number of rotatable bonds is 0. The second-order valence-electron chi connectivity index (χ2n) is 3.16. The van der Waals surface area contributed by atoms with E-state index in [-0.39, 0.29) is 0 Å². The summed E-state index contributed by atoms with van der Waals surface area (Å²) < 4.78 is 0. The SMILES string of the molecule is C=C1SC2CCCC2N1C. The highest BCUT2D eigenvalue weighted by molar-refractivity contribution is 8.03. The Hall–Kier alpha value is -0.110. The van der Waals surface area contributed by atoms with Crippen LogP contribution in [0.4, 0.5) is 0 Å². The lowest BCUT2D eigenvalue weighted by Crippen LogP contribution is -2.26. The minimum absolute atomic E-state index is 0.817. The van der Waals surface area contributed by atoms with Gasteiger partial charge in [-0.25, -0.2) is 0 Å². The molecule has 2 unspecified atom stereocenters. The molecule has 0 amide bonds. The van der Waals surface area contributed by atoms with Crippen molar-refractivity contribution in [1.82, 2.24) is 4.90 Å². The summed E-state index contributed by atoms with van der Waals surface area (Å²) in [6, 6.07) is 0.817. The third-order valence-corrected chi connectivity index (χ3v) is 4.01. The van der Waals surface area contributed by atoms with Gasteiger partial charge in [0.05, 0.1) is 5.03 Å². The van der Waals surface area contributed by atoms with Gasteiger partial charge < -0.3 is 4.90 Å². The molecular formula is C8H13NS. The number of thioether (sulfide) groups is 1. The standard InChI is InChI=1S/C8H13NS/c1-6-9(2)7-4-3-5-8(7)10-6/h7-8H,1,3-5H2,2H3. The molecule has 1 aliphatic carbocycles. The van der Waals surface area contributed by atoms with E-state index in [1.807, 2.05) is 11.8 Å². The summed E-state index contributed by atoms with van der Waals surface area (Å²) in [6.45, 7) is 4.01. The minimum Gasteiger partial charge on any atom is -0.366 e. The van der Waals surface area contributed by atoms with Crippen LogP contribution < -0.4 is 0 Å². The molecule has 2 heteroatoms. The van der Waals surface area contributed by atoms with Crippen molar-refractivity contribution < 1.29 is 0 Å². The zero-order valence-corrected chi connectivity index (χ0v) is 7.16. The molecule has 1 saturated heterocycles. The Kier molecular flexibility index (Phi) is 1.44. The van der Waals surface area contributed by atoms with Crippen molar-refractivity contribution in [2.45, 2.75) is 30.6 Å². The van der Waals surface area contributed by atoms with E-state index in [1.165, 1.54) is 24.3 Å². The Balaban J connectivity index is 2.16. The van der Waals surface area contributed by atoms with Crippen molar-refractivity contribution in [2.75, 3.05) is 7.05 Å². The molecule has 2 atom stereocenters. The predicted octanol–water partition coefficient (Wildman–Crippen LogP) is 2.06. The summed E-state index contributed by atoms with van der Waals surface area (Å²) in [5.74, 6) is 0. The summed E-state index contributed by atoms with van der Waals surface area (Å²) in [6.07, 6.45) is 4.20. The second-order valence-corrected chi connectivity index (χ2v) is 4.47. The van der Waals surface area contributed by atoms with E-state index < -0.39 is 0 Å². The van der Waals surface area contributed by atoms with Crippen molar-refractivity contribution in [1.29, 1.82) is 0 Å². The molecule has 0 aromatic carbocycles. The maximum Gasteiger partial charge on any atom is 0.0637 e. The highest BCUT2D eigenvalue weighted by Crippen LogP contribution is 2.44. The van der Waals surface area contributed by atoms with Crippen molar-refractivity contribution in [2.24, 2.45) is 0 Å². The summed E-state index contributed by atoms with van der Waals surface area (Å²) in [5.41, 5.74) is 0. The fraction of sp³-hybridized carbons (Fsp3) is 0.750. The van der Waals surface area contributed by atoms with Gasteiger partial charge in [0.15, 0.2) is 0 Å². The van der Waals surface area contributed by atoms with E-state index in [0.717, 1.165) is 11.3 Å².